The molecule has 0 radical (unpaired) electrons. The Hall–Kier alpha value is -1.61. The minimum Gasteiger partial charge on any atom is -0.428 e. The van der Waals surface area contributed by atoms with Gasteiger partial charge in [0.05, 0.1) is 17.7 Å². The molecule has 0 bridgehead atoms. The fraction of sp³-hybridized carbons (Fsp3) is 0.429. The van der Waals surface area contributed by atoms with Crippen LogP contribution in [0.3, 0.4) is 0 Å². The van der Waals surface area contributed by atoms with Crippen molar-refractivity contribution in [3.8, 4) is 5.75 Å². The summed E-state index contributed by atoms with van der Waals surface area (Å²) in [6.07, 6.45) is -7.22. The molecule has 0 spiro atoms. The van der Waals surface area contributed by atoms with E-state index in [1.54, 1.807) is 0 Å². The molecule has 3 nitrogen and oxygen atoms in total. The van der Waals surface area contributed by atoms with Crippen LogP contribution in [0.5, 0.6) is 5.75 Å². The summed E-state index contributed by atoms with van der Waals surface area (Å²) in [5.74, 6) is -26.9. The third kappa shape index (κ3) is 4.45. The number of hydrogen-bond acceptors (Lipinski definition) is 3. The van der Waals surface area contributed by atoms with Crippen LogP contribution in [-0.2, 0) is 13.2 Å². The van der Waals surface area contributed by atoms with Gasteiger partial charge in [0.2, 0.25) is 5.83 Å². The highest BCUT2D eigenvalue weighted by atomic mass is 79.9. The van der Waals surface area contributed by atoms with E-state index in [-0.39, 0.29) is 11.1 Å². The molecule has 2 N–H and O–H groups in total. The largest absolute Gasteiger partial charge is 0.460 e. The van der Waals surface area contributed by atoms with Crippen molar-refractivity contribution in [1.82, 2.24) is 0 Å². The Bertz CT molecular complexity index is 790. The molecule has 0 saturated heterocycles. The molecule has 166 valence electrons. The molecule has 0 aliphatic rings. The topological polar surface area (TPSA) is 49.7 Å². The minimum atomic E-state index is -7.43. The Labute approximate surface area is 162 Å². The second kappa shape index (κ2) is 8.26. The standard InChI is InChI=1S/C14H8BrF11O3/c15-8-6(4-28)1-5(3-27)2-7(8)29-10(17)9(16)11(18,19)12(20,21)13(22,23)14(24,25)26/h1-2,27-28H,3-4H2. The summed E-state index contributed by atoms with van der Waals surface area (Å²) in [5.41, 5.74) is -0.374. The molecule has 0 amide bonds. The fourth-order valence-corrected chi connectivity index (χ4v) is 2.21. The SMILES string of the molecule is OCc1cc(CO)c(Br)c(OC(F)=C(F)C(F)(F)C(F)(F)C(F)(F)C(F)(F)F)c1. The number of alkyl halides is 9. The Morgan fingerprint density at radius 2 is 1.38 bits per heavy atom. The predicted octanol–water partition coefficient (Wildman–Crippen LogP) is 5.39. The van der Waals surface area contributed by atoms with Gasteiger partial charge in [0.15, 0.2) is 0 Å². The monoisotopic (exact) mass is 512 g/mol. The number of halogens is 12. The zero-order valence-corrected chi connectivity index (χ0v) is 15.0. The molecule has 0 saturated carbocycles. The summed E-state index contributed by atoms with van der Waals surface area (Å²) < 4.78 is 145. The first-order valence-electron chi connectivity index (χ1n) is 6.92. The summed E-state index contributed by atoms with van der Waals surface area (Å²) in [6.45, 7) is -1.64. The highest BCUT2D eigenvalue weighted by Crippen LogP contribution is 2.55. The normalized spacial score (nSPS) is 14.7. The van der Waals surface area contributed by atoms with Crippen LogP contribution in [0.1, 0.15) is 11.1 Å². The molecule has 0 unspecified atom stereocenters. The first-order chi connectivity index (χ1) is 13.0. The van der Waals surface area contributed by atoms with Gasteiger partial charge in [0, 0.05) is 0 Å². The lowest BCUT2D eigenvalue weighted by atomic mass is 10.0. The van der Waals surface area contributed by atoms with E-state index in [1.807, 2.05) is 0 Å². The predicted molar refractivity (Wildman–Crippen MR) is 76.8 cm³/mol. The zero-order chi connectivity index (χ0) is 23.0. The third-order valence-electron chi connectivity index (χ3n) is 3.32. The van der Waals surface area contributed by atoms with Crippen LogP contribution in [0.4, 0.5) is 48.3 Å². The maximum atomic E-state index is 13.6. The van der Waals surface area contributed by atoms with Crippen LogP contribution in [-0.4, -0.2) is 34.2 Å². The molecule has 1 aromatic rings. The first kappa shape index (κ1) is 25.4. The van der Waals surface area contributed by atoms with Crippen LogP contribution in [0.25, 0.3) is 0 Å². The summed E-state index contributed by atoms with van der Waals surface area (Å²) in [7, 11) is 0. The van der Waals surface area contributed by atoms with Crippen LogP contribution in [0, 0.1) is 0 Å². The highest BCUT2D eigenvalue weighted by Gasteiger charge is 2.83. The van der Waals surface area contributed by atoms with E-state index in [2.05, 4.69) is 20.7 Å². The molecule has 0 aromatic heterocycles. The molecule has 0 heterocycles. The van der Waals surface area contributed by atoms with Crippen molar-refractivity contribution in [3.63, 3.8) is 0 Å². The second-order valence-electron chi connectivity index (χ2n) is 5.29. The van der Waals surface area contributed by atoms with Crippen molar-refractivity contribution in [3.05, 3.63) is 39.6 Å². The number of allylic oxidation sites excluding steroid dienone is 1. The lowest BCUT2D eigenvalue weighted by molar-refractivity contribution is -0.392. The van der Waals surface area contributed by atoms with Crippen molar-refractivity contribution in [2.45, 2.75) is 37.2 Å². The van der Waals surface area contributed by atoms with Crippen molar-refractivity contribution in [2.75, 3.05) is 0 Å². The van der Waals surface area contributed by atoms with Gasteiger partial charge >= 0.3 is 30.0 Å². The van der Waals surface area contributed by atoms with E-state index in [4.69, 9.17) is 10.2 Å². The first-order valence-corrected chi connectivity index (χ1v) is 7.71. The van der Waals surface area contributed by atoms with Crippen molar-refractivity contribution in [1.29, 1.82) is 0 Å². The molecule has 0 aliphatic heterocycles. The Morgan fingerprint density at radius 3 is 1.79 bits per heavy atom. The molecular formula is C14H8BrF11O3. The van der Waals surface area contributed by atoms with Crippen LogP contribution in [0.2, 0.25) is 0 Å². The maximum Gasteiger partial charge on any atom is 0.460 e. The van der Waals surface area contributed by atoms with E-state index in [9.17, 15) is 48.3 Å². The van der Waals surface area contributed by atoms with Gasteiger partial charge in [-0.2, -0.15) is 48.3 Å². The van der Waals surface area contributed by atoms with Gasteiger partial charge in [-0.15, -0.1) is 0 Å². The average Bonchev–Trinajstić information content (AvgIpc) is 2.61. The number of ether oxygens (including phenoxy) is 1. The number of aliphatic hydroxyl groups excluding tert-OH is 2. The van der Waals surface area contributed by atoms with Crippen LogP contribution >= 0.6 is 15.9 Å². The van der Waals surface area contributed by atoms with Crippen molar-refractivity contribution < 1.29 is 63.2 Å². The van der Waals surface area contributed by atoms with Gasteiger partial charge in [0.1, 0.15) is 5.75 Å². The molecule has 0 aliphatic carbocycles. The van der Waals surface area contributed by atoms with Gasteiger partial charge < -0.3 is 14.9 Å². The number of hydrogen-bond donors (Lipinski definition) is 2. The van der Waals surface area contributed by atoms with Crippen molar-refractivity contribution >= 4 is 15.9 Å². The van der Waals surface area contributed by atoms with Crippen LogP contribution in [0.15, 0.2) is 28.4 Å². The molecule has 29 heavy (non-hydrogen) atoms. The Morgan fingerprint density at radius 1 is 0.862 bits per heavy atom. The van der Waals surface area contributed by atoms with Gasteiger partial charge in [-0.05, 0) is 39.2 Å². The molecule has 1 aromatic carbocycles. The van der Waals surface area contributed by atoms with E-state index in [0.717, 1.165) is 6.07 Å². The number of benzene rings is 1. The fourth-order valence-electron chi connectivity index (χ4n) is 1.78. The number of aliphatic hydroxyl groups is 2. The molecule has 15 heteroatoms. The summed E-state index contributed by atoms with van der Waals surface area (Å²) >= 11 is 2.65. The van der Waals surface area contributed by atoms with E-state index in [1.165, 1.54) is 0 Å². The highest BCUT2D eigenvalue weighted by molar-refractivity contribution is 9.10. The lowest BCUT2D eigenvalue weighted by Crippen LogP contribution is -2.61. The van der Waals surface area contributed by atoms with E-state index in [0.29, 0.717) is 6.07 Å². The summed E-state index contributed by atoms with van der Waals surface area (Å²) in [4.78, 5) is 0. The van der Waals surface area contributed by atoms with Gasteiger partial charge in [-0.25, -0.2) is 0 Å². The van der Waals surface area contributed by atoms with E-state index < -0.39 is 59.2 Å². The van der Waals surface area contributed by atoms with E-state index >= 15 is 0 Å². The molecule has 0 fully saturated rings. The smallest absolute Gasteiger partial charge is 0.428 e. The summed E-state index contributed by atoms with van der Waals surface area (Å²) in [5, 5.41) is 18.0. The molecular weight excluding hydrogens is 505 g/mol. The Kier molecular flexibility index (Phi) is 7.24. The number of rotatable bonds is 7. The zero-order valence-electron chi connectivity index (χ0n) is 13.4. The van der Waals surface area contributed by atoms with Crippen molar-refractivity contribution in [2.24, 2.45) is 0 Å². The third-order valence-corrected chi connectivity index (χ3v) is 4.22. The second-order valence-corrected chi connectivity index (χ2v) is 6.09. The summed E-state index contributed by atoms with van der Waals surface area (Å²) in [6, 6.07) is -1.54. The molecule has 0 atom stereocenters. The van der Waals surface area contributed by atoms with Crippen LogP contribution < -0.4 is 4.74 Å². The minimum absolute atomic E-state index is 0.179. The lowest BCUT2D eigenvalue weighted by Gasteiger charge is -2.32. The van der Waals surface area contributed by atoms with Gasteiger partial charge in [-0.1, -0.05) is 0 Å². The quantitative estimate of drug-likeness (QED) is 0.380. The Balaban J connectivity index is 3.46. The van der Waals surface area contributed by atoms with Gasteiger partial charge in [-0.3, -0.25) is 0 Å². The average molecular weight is 513 g/mol. The van der Waals surface area contributed by atoms with Gasteiger partial charge in [0.25, 0.3) is 0 Å². The maximum absolute atomic E-state index is 13.6. The molecule has 1 rings (SSSR count).